The average Bonchev–Trinajstić information content (AvgIpc) is 4.02. The van der Waals surface area contributed by atoms with Gasteiger partial charge in [0.1, 0.15) is 23.7 Å². The number of rotatable bonds is 8. The summed E-state index contributed by atoms with van der Waals surface area (Å²) < 4.78 is 74.0. The summed E-state index contributed by atoms with van der Waals surface area (Å²) >= 11 is 0. The molecule has 1 aromatic heterocycles. The van der Waals surface area contributed by atoms with E-state index in [1.807, 2.05) is 31.6 Å². The molecule has 59 heavy (non-hydrogen) atoms. The second-order valence-electron chi connectivity index (χ2n) is 19.1. The van der Waals surface area contributed by atoms with Gasteiger partial charge in [-0.1, -0.05) is 40.5 Å². The number of fused-ring (bicyclic) bond motifs is 5. The van der Waals surface area contributed by atoms with Crippen LogP contribution >= 0.6 is 0 Å². The first-order valence-electron chi connectivity index (χ1n) is 21.2. The Morgan fingerprint density at radius 1 is 1.02 bits per heavy atom. The molecule has 16 heteroatoms. The van der Waals surface area contributed by atoms with Gasteiger partial charge in [-0.3, -0.25) is 23.9 Å². The van der Waals surface area contributed by atoms with E-state index in [0.29, 0.717) is 41.7 Å². The molecule has 0 unspecified atom stereocenters. The standard InChI is InChI=1S/C43H58F2N4O9S/c1-24-34-23-49(36(24)32(50)22-43(21-28(43)37(44)45)40(53)48-59(54,55)42(5)17-18-42)39(52)27(41(2,3)4)20-35(51)57-33-14-10-12-25(33)11-8-7-9-13-30-38(58-34)47-31-19-26(56-6)15-16-29(31)46-30/h15-16,19,24-25,27-28,33-34,36-37H,7-14,17-18,20-23H2,1-6H3,(H,48,53)/t24-,25-,27-,28+,33-,34+,36+,43-/m1/s1. The number of esters is 1. The van der Waals surface area contributed by atoms with Crippen molar-refractivity contribution in [3.63, 3.8) is 0 Å². The van der Waals surface area contributed by atoms with Crippen molar-refractivity contribution in [2.75, 3.05) is 13.7 Å². The van der Waals surface area contributed by atoms with E-state index in [1.54, 1.807) is 26.2 Å². The van der Waals surface area contributed by atoms with E-state index in [2.05, 4.69) is 0 Å². The number of hydrogen-bond donors (Lipinski definition) is 1. The van der Waals surface area contributed by atoms with E-state index in [4.69, 9.17) is 24.2 Å². The van der Waals surface area contributed by atoms with Gasteiger partial charge in [0.25, 0.3) is 0 Å². The second-order valence-corrected chi connectivity index (χ2v) is 21.2. The van der Waals surface area contributed by atoms with Crippen molar-refractivity contribution < 1.29 is 50.6 Å². The summed E-state index contributed by atoms with van der Waals surface area (Å²) in [6.45, 7) is 8.60. The molecule has 4 fully saturated rings. The molecule has 2 bridgehead atoms. The number of aromatic nitrogens is 2. The van der Waals surface area contributed by atoms with Gasteiger partial charge in [-0.2, -0.15) is 0 Å². The lowest BCUT2D eigenvalue weighted by Crippen LogP contribution is -2.50. The number of amides is 2. The van der Waals surface area contributed by atoms with Crippen LogP contribution in [0.15, 0.2) is 18.2 Å². The first-order chi connectivity index (χ1) is 27.8. The number of methoxy groups -OCH3 is 1. The average molecular weight is 845 g/mol. The number of nitrogens with one attached hydrogen (secondary N) is 1. The fourth-order valence-electron chi connectivity index (χ4n) is 9.51. The van der Waals surface area contributed by atoms with Gasteiger partial charge in [-0.15, -0.1) is 0 Å². The molecule has 3 heterocycles. The summed E-state index contributed by atoms with van der Waals surface area (Å²) in [5.41, 5.74) is -0.983. The Morgan fingerprint density at radius 2 is 1.75 bits per heavy atom. The number of ketones is 1. The highest BCUT2D eigenvalue weighted by Crippen LogP contribution is 2.59. The Balaban J connectivity index is 1.26. The molecule has 5 aliphatic rings. The number of alkyl halides is 2. The number of benzene rings is 1. The fourth-order valence-corrected chi connectivity index (χ4v) is 10.8. The third-order valence-corrected chi connectivity index (χ3v) is 16.0. The Morgan fingerprint density at radius 3 is 2.41 bits per heavy atom. The minimum atomic E-state index is -4.19. The first kappa shape index (κ1) is 43.1. The van der Waals surface area contributed by atoms with E-state index >= 15 is 0 Å². The van der Waals surface area contributed by atoms with Crippen LogP contribution < -0.4 is 14.2 Å². The number of hydrogen-bond acceptors (Lipinski definition) is 11. The van der Waals surface area contributed by atoms with Crippen LogP contribution in [0, 0.1) is 34.5 Å². The van der Waals surface area contributed by atoms with Gasteiger partial charge in [0.2, 0.25) is 34.1 Å². The van der Waals surface area contributed by atoms with Crippen LogP contribution in [0.4, 0.5) is 8.78 Å². The normalized spacial score (nSPS) is 31.3. The lowest BCUT2D eigenvalue weighted by Gasteiger charge is -2.35. The van der Waals surface area contributed by atoms with Crippen molar-refractivity contribution >= 4 is 44.6 Å². The molecule has 3 saturated carbocycles. The quantitative estimate of drug-likeness (QED) is 0.294. The van der Waals surface area contributed by atoms with Gasteiger partial charge in [0.15, 0.2) is 5.78 Å². The zero-order valence-electron chi connectivity index (χ0n) is 34.9. The van der Waals surface area contributed by atoms with Crippen LogP contribution in [0.5, 0.6) is 11.6 Å². The molecule has 13 nitrogen and oxygen atoms in total. The predicted molar refractivity (Wildman–Crippen MR) is 213 cm³/mol. The summed E-state index contributed by atoms with van der Waals surface area (Å²) in [6, 6.07) is 4.11. The number of Topliss-reactive ketones (excluding diaryl/α,β-unsaturated/α-hetero) is 1. The van der Waals surface area contributed by atoms with Gasteiger partial charge in [-0.25, -0.2) is 27.2 Å². The summed E-state index contributed by atoms with van der Waals surface area (Å²) in [6.07, 6.45) is 1.94. The molecule has 2 amide bonds. The summed E-state index contributed by atoms with van der Waals surface area (Å²) in [4.78, 5) is 68.3. The maximum Gasteiger partial charge on any atom is 0.306 e. The van der Waals surface area contributed by atoms with Crippen molar-refractivity contribution in [3.05, 3.63) is 23.9 Å². The van der Waals surface area contributed by atoms with E-state index in [9.17, 15) is 36.4 Å². The highest BCUT2D eigenvalue weighted by molar-refractivity contribution is 7.91. The number of carbonyl (C=O) groups is 4. The van der Waals surface area contributed by atoms with Crippen molar-refractivity contribution in [2.24, 2.45) is 34.5 Å². The molecule has 0 radical (unpaired) electrons. The van der Waals surface area contributed by atoms with Gasteiger partial charge in [0.05, 0.1) is 53.2 Å². The van der Waals surface area contributed by atoms with Crippen molar-refractivity contribution in [1.82, 2.24) is 19.6 Å². The number of ether oxygens (including phenoxy) is 3. The molecule has 1 saturated heterocycles. The molecule has 0 spiro atoms. The lowest BCUT2D eigenvalue weighted by atomic mass is 9.77. The molecule has 3 aliphatic carbocycles. The topological polar surface area (TPSA) is 171 Å². The lowest BCUT2D eigenvalue weighted by molar-refractivity contribution is -0.158. The van der Waals surface area contributed by atoms with Crippen LogP contribution in [0.25, 0.3) is 11.0 Å². The third kappa shape index (κ3) is 8.66. The summed E-state index contributed by atoms with van der Waals surface area (Å²) in [5.74, 6) is -5.01. The molecule has 1 N–H and O–H groups in total. The van der Waals surface area contributed by atoms with Crippen LogP contribution in [-0.2, 0) is 40.4 Å². The zero-order valence-corrected chi connectivity index (χ0v) is 35.7. The Kier molecular flexibility index (Phi) is 11.8. The molecule has 324 valence electrons. The van der Waals surface area contributed by atoms with Crippen LogP contribution in [0.3, 0.4) is 0 Å². The predicted octanol–water partition coefficient (Wildman–Crippen LogP) is 6.34. The monoisotopic (exact) mass is 844 g/mol. The molecular formula is C43H58F2N4O9S. The minimum Gasteiger partial charge on any atom is -0.497 e. The number of aryl methyl sites for hydroxylation is 1. The first-order valence-corrected chi connectivity index (χ1v) is 22.6. The smallest absolute Gasteiger partial charge is 0.306 e. The fraction of sp³-hybridized carbons (Fsp3) is 0.721. The number of halogens is 2. The van der Waals surface area contributed by atoms with Crippen molar-refractivity contribution in [1.29, 1.82) is 0 Å². The van der Waals surface area contributed by atoms with Crippen molar-refractivity contribution in [3.8, 4) is 11.6 Å². The highest BCUT2D eigenvalue weighted by Gasteiger charge is 2.67. The van der Waals surface area contributed by atoms with E-state index in [-0.39, 0.29) is 37.3 Å². The Labute approximate surface area is 345 Å². The minimum absolute atomic E-state index is 0.107. The molecule has 1 aromatic carbocycles. The molecule has 2 aliphatic heterocycles. The largest absolute Gasteiger partial charge is 0.497 e. The van der Waals surface area contributed by atoms with Crippen LogP contribution in [-0.4, -0.2) is 89.9 Å². The van der Waals surface area contributed by atoms with E-state index < -0.39 is 91.9 Å². The van der Waals surface area contributed by atoms with Crippen molar-refractivity contribution in [2.45, 2.75) is 148 Å². The van der Waals surface area contributed by atoms with Crippen LogP contribution in [0.1, 0.15) is 117 Å². The second kappa shape index (κ2) is 16.2. The molecule has 7 rings (SSSR count). The van der Waals surface area contributed by atoms with Gasteiger partial charge in [0, 0.05) is 24.3 Å². The zero-order chi connectivity index (χ0) is 42.7. The highest BCUT2D eigenvalue weighted by atomic mass is 32.2. The molecule has 2 aromatic rings. The Bertz CT molecular complexity index is 2090. The number of carbonyl (C=O) groups excluding carboxylic acids is 4. The third-order valence-electron chi connectivity index (χ3n) is 13.9. The van der Waals surface area contributed by atoms with Gasteiger partial charge in [-0.05, 0) is 88.2 Å². The van der Waals surface area contributed by atoms with E-state index in [0.717, 1.165) is 44.9 Å². The van der Waals surface area contributed by atoms with E-state index in [1.165, 1.54) is 11.8 Å². The molecular weight excluding hydrogens is 787 g/mol. The number of sulfonamides is 1. The van der Waals surface area contributed by atoms with Gasteiger partial charge >= 0.3 is 5.97 Å². The molecule has 8 atom stereocenters. The summed E-state index contributed by atoms with van der Waals surface area (Å²) in [5, 5.41) is 0. The summed E-state index contributed by atoms with van der Waals surface area (Å²) in [7, 11) is -2.65. The van der Waals surface area contributed by atoms with Gasteiger partial charge < -0.3 is 19.1 Å². The number of nitrogens with zero attached hydrogens (tertiary/aromatic N) is 3. The maximum absolute atomic E-state index is 15.0. The SMILES string of the molecule is COc1ccc2nc3c(nc2c1)O[C@H]1CN(C(=O)[C@H](C(C)(C)C)CC(=O)O[C@@H]2CCC[C@H]2CCCCC3)[C@H](C(=O)C[C@]2(C(=O)NS(=O)(=O)C3(C)CC3)C[C@H]2C(F)F)[C@@H]1C. The van der Waals surface area contributed by atoms with Crippen LogP contribution in [0.2, 0.25) is 0 Å². The Hall–Kier alpha value is -3.95. The maximum atomic E-state index is 15.0.